The smallest absolute Gasteiger partial charge is 0.449 e. The summed E-state index contributed by atoms with van der Waals surface area (Å²) in [4.78, 5) is 35.2. The van der Waals surface area contributed by atoms with Crippen LogP contribution in [0.1, 0.15) is 22.8 Å². The minimum absolute atomic E-state index is 0.517. The van der Waals surface area contributed by atoms with E-state index in [1.165, 1.54) is 0 Å². The Morgan fingerprint density at radius 1 is 1.12 bits per heavy atom. The van der Waals surface area contributed by atoms with Crippen molar-refractivity contribution in [3.8, 4) is 0 Å². The second kappa shape index (κ2) is 10.4. The molecule has 11 nitrogen and oxygen atoms in total. The van der Waals surface area contributed by atoms with Gasteiger partial charge < -0.3 is 23.7 Å². The van der Waals surface area contributed by atoms with Crippen molar-refractivity contribution in [3.05, 3.63) is 35.4 Å². The van der Waals surface area contributed by atoms with Crippen LogP contribution in [0.4, 0.5) is 18.0 Å². The quantitative estimate of drug-likeness (QED) is 0.306. The molecule has 0 spiro atoms. The first-order valence-corrected chi connectivity index (χ1v) is 10.8. The summed E-state index contributed by atoms with van der Waals surface area (Å²) in [7, 11) is -3.22. The van der Waals surface area contributed by atoms with Gasteiger partial charge in [-0.25, -0.2) is 9.59 Å². The number of esters is 2. The largest absolute Gasteiger partial charge is 0.508 e. The molecular weight excluding hydrogens is 481 g/mol. The molecule has 1 aliphatic heterocycles. The third-order valence-electron chi connectivity index (χ3n) is 4.04. The molecule has 0 N–H and O–H groups in total. The molecule has 1 fully saturated rings. The monoisotopic (exact) mass is 500 g/mol. The van der Waals surface area contributed by atoms with Crippen LogP contribution < -0.4 is 0 Å². The van der Waals surface area contributed by atoms with Crippen LogP contribution in [0.15, 0.2) is 24.3 Å². The molecule has 184 valence electrons. The number of alkyl halides is 3. The van der Waals surface area contributed by atoms with Crippen LogP contribution in [0.3, 0.4) is 0 Å². The van der Waals surface area contributed by atoms with E-state index in [2.05, 4.69) is 4.74 Å². The summed E-state index contributed by atoms with van der Waals surface area (Å²) in [5.74, 6) is -2.24. The molecule has 1 heterocycles. The number of carbonyl (C=O) groups is 3. The third kappa shape index (κ3) is 7.57. The van der Waals surface area contributed by atoms with E-state index in [1.807, 2.05) is 0 Å². The number of rotatable bonds is 7. The maximum atomic E-state index is 13.0. The summed E-state index contributed by atoms with van der Waals surface area (Å²) in [6.07, 6.45) is -11.8. The Balaban J connectivity index is 2.35. The van der Waals surface area contributed by atoms with Crippen LogP contribution in [0.2, 0.25) is 0 Å². The Labute approximate surface area is 185 Å². The molecule has 1 aromatic rings. The van der Waals surface area contributed by atoms with E-state index in [9.17, 15) is 36.0 Å². The van der Waals surface area contributed by atoms with Crippen LogP contribution >= 0.6 is 0 Å². The molecule has 0 aromatic heterocycles. The molecule has 0 bridgehead atoms. The normalized spacial score (nSPS) is 23.0. The van der Waals surface area contributed by atoms with E-state index in [1.54, 1.807) is 0 Å². The van der Waals surface area contributed by atoms with Gasteiger partial charge in [-0.1, -0.05) is 6.07 Å². The summed E-state index contributed by atoms with van der Waals surface area (Å²) in [5, 5.41) is 0. The van der Waals surface area contributed by atoms with Gasteiger partial charge in [0.15, 0.2) is 6.10 Å². The van der Waals surface area contributed by atoms with Crippen LogP contribution in [0, 0.1) is 0 Å². The molecule has 4 atom stereocenters. The topological polar surface area (TPSA) is 141 Å². The van der Waals surface area contributed by atoms with Crippen molar-refractivity contribution in [1.29, 1.82) is 0 Å². The summed E-state index contributed by atoms with van der Waals surface area (Å²) < 4.78 is 91.5. The summed E-state index contributed by atoms with van der Waals surface area (Å²) in [5.41, 5.74) is -1.66. The van der Waals surface area contributed by atoms with E-state index < -0.39 is 76.7 Å². The number of benzene rings is 1. The summed E-state index contributed by atoms with van der Waals surface area (Å²) in [6.45, 7) is 0.308. The first-order chi connectivity index (χ1) is 15.2. The Morgan fingerprint density at radius 2 is 1.79 bits per heavy atom. The maximum absolute atomic E-state index is 13.0. The van der Waals surface area contributed by atoms with Crippen molar-refractivity contribution in [1.82, 2.24) is 0 Å². The van der Waals surface area contributed by atoms with Gasteiger partial charge in [0, 0.05) is 6.92 Å². The van der Waals surface area contributed by atoms with E-state index in [4.69, 9.17) is 23.1 Å². The fraction of sp³-hybridized carbons (Fsp3) is 0.500. The van der Waals surface area contributed by atoms with Crippen LogP contribution in [-0.2, 0) is 49.0 Å². The van der Waals surface area contributed by atoms with Crippen molar-refractivity contribution < 1.29 is 63.8 Å². The molecule has 0 aliphatic carbocycles. The Kier molecular flexibility index (Phi) is 8.26. The molecule has 0 radical (unpaired) electrons. The van der Waals surface area contributed by atoms with Gasteiger partial charge in [-0.2, -0.15) is 21.6 Å². The first kappa shape index (κ1) is 26.3. The lowest BCUT2D eigenvalue weighted by atomic mass is 10.1. The van der Waals surface area contributed by atoms with Gasteiger partial charge in [0.2, 0.25) is 6.29 Å². The van der Waals surface area contributed by atoms with Gasteiger partial charge in [0.25, 0.3) is 10.1 Å². The lowest BCUT2D eigenvalue weighted by molar-refractivity contribution is -0.188. The fourth-order valence-corrected chi connectivity index (χ4v) is 3.39. The molecule has 0 amide bonds. The number of ether oxygens (including phenoxy) is 5. The highest BCUT2D eigenvalue weighted by atomic mass is 32.2. The van der Waals surface area contributed by atoms with E-state index >= 15 is 0 Å². The van der Waals surface area contributed by atoms with Crippen LogP contribution in [-0.4, -0.2) is 71.1 Å². The second-order valence-electron chi connectivity index (χ2n) is 6.63. The highest BCUT2D eigenvalue weighted by Crippen LogP contribution is 2.32. The van der Waals surface area contributed by atoms with Gasteiger partial charge in [0.1, 0.15) is 18.8 Å². The highest BCUT2D eigenvalue weighted by Gasteiger charge is 2.52. The van der Waals surface area contributed by atoms with Gasteiger partial charge >= 0.3 is 24.3 Å². The van der Waals surface area contributed by atoms with E-state index in [-0.39, 0.29) is 0 Å². The van der Waals surface area contributed by atoms with Gasteiger partial charge in [-0.05, 0) is 18.2 Å². The average molecular weight is 500 g/mol. The van der Waals surface area contributed by atoms with Crippen molar-refractivity contribution in [2.75, 3.05) is 20.0 Å². The van der Waals surface area contributed by atoms with Crippen molar-refractivity contribution in [3.63, 3.8) is 0 Å². The maximum Gasteiger partial charge on any atom is 0.508 e. The standard InChI is InChI=1S/C18H19F3O11S/c1-9(22)29-16-14(31-15(23)10-5-4-6-11(7-10)18(19,20)21)13(32-33(3,25)26)12(30-16)8-28-17(24)27-2/h4-7,12-14,16H,8H2,1-3H3/t12-,13+,14-,16?/m1/s1. The molecule has 1 saturated heterocycles. The van der Waals surface area contributed by atoms with E-state index in [0.29, 0.717) is 12.3 Å². The average Bonchev–Trinajstić information content (AvgIpc) is 2.99. The molecule has 1 unspecified atom stereocenters. The summed E-state index contributed by atoms with van der Waals surface area (Å²) >= 11 is 0. The van der Waals surface area contributed by atoms with Gasteiger partial charge in [-0.3, -0.25) is 8.98 Å². The fourth-order valence-electron chi connectivity index (χ4n) is 2.75. The molecule has 2 rings (SSSR count). The number of methoxy groups -OCH3 is 1. The minimum atomic E-state index is -4.74. The molecule has 33 heavy (non-hydrogen) atoms. The number of halogens is 3. The third-order valence-corrected chi connectivity index (χ3v) is 4.61. The van der Waals surface area contributed by atoms with Crippen molar-refractivity contribution in [2.45, 2.75) is 37.7 Å². The lowest BCUT2D eigenvalue weighted by Crippen LogP contribution is -2.42. The van der Waals surface area contributed by atoms with Crippen molar-refractivity contribution >= 4 is 28.2 Å². The molecule has 1 aromatic carbocycles. The molecular formula is C18H19F3O11S. The molecule has 1 aliphatic rings. The molecule has 0 saturated carbocycles. The predicted molar refractivity (Wildman–Crippen MR) is 99.1 cm³/mol. The Bertz CT molecular complexity index is 993. The zero-order chi connectivity index (χ0) is 25.0. The summed E-state index contributed by atoms with van der Waals surface area (Å²) in [6, 6.07) is 3.24. The van der Waals surface area contributed by atoms with E-state index in [0.717, 1.165) is 32.2 Å². The Hall–Kier alpha value is -2.91. The zero-order valence-electron chi connectivity index (χ0n) is 17.4. The van der Waals surface area contributed by atoms with Gasteiger partial charge in [0.05, 0.1) is 24.5 Å². The minimum Gasteiger partial charge on any atom is -0.449 e. The molecule has 15 heteroatoms. The SMILES string of the molecule is COC(=O)OC[C@H]1OC(OC(C)=O)[C@H](OC(=O)c2cccc(C(F)(F)F)c2)[C@H]1OS(C)(=O)=O. The lowest BCUT2D eigenvalue weighted by Gasteiger charge is -2.23. The van der Waals surface area contributed by atoms with Crippen LogP contribution in [0.25, 0.3) is 0 Å². The first-order valence-electron chi connectivity index (χ1n) is 9.01. The number of carbonyl (C=O) groups excluding carboxylic acids is 3. The predicted octanol–water partition coefficient (Wildman–Crippen LogP) is 1.65. The van der Waals surface area contributed by atoms with Crippen LogP contribution in [0.5, 0.6) is 0 Å². The highest BCUT2D eigenvalue weighted by molar-refractivity contribution is 7.86. The number of hydrogen-bond acceptors (Lipinski definition) is 11. The van der Waals surface area contributed by atoms with Crippen molar-refractivity contribution in [2.24, 2.45) is 0 Å². The second-order valence-corrected chi connectivity index (χ2v) is 8.23. The zero-order valence-corrected chi connectivity index (χ0v) is 18.2. The van der Waals surface area contributed by atoms with Gasteiger partial charge in [-0.15, -0.1) is 0 Å². The Morgan fingerprint density at radius 3 is 2.33 bits per heavy atom. The number of hydrogen-bond donors (Lipinski definition) is 0.